The highest BCUT2D eigenvalue weighted by Gasteiger charge is 2.20. The van der Waals surface area contributed by atoms with Crippen LogP contribution >= 0.6 is 0 Å². The highest BCUT2D eigenvalue weighted by Crippen LogP contribution is 2.20. The maximum absolute atomic E-state index is 12.7. The Morgan fingerprint density at radius 2 is 1.93 bits per heavy atom. The predicted molar refractivity (Wildman–Crippen MR) is 109 cm³/mol. The van der Waals surface area contributed by atoms with Gasteiger partial charge in [0.05, 0.1) is 10.6 Å². The van der Waals surface area contributed by atoms with Gasteiger partial charge in [0.15, 0.2) is 5.76 Å². The van der Waals surface area contributed by atoms with Crippen LogP contribution < -0.4 is 4.74 Å². The number of amides is 1. The highest BCUT2D eigenvalue weighted by atomic mass is 16.6. The first-order valence-corrected chi connectivity index (χ1v) is 9.54. The van der Waals surface area contributed by atoms with Crippen molar-refractivity contribution in [2.75, 3.05) is 7.05 Å². The van der Waals surface area contributed by atoms with Gasteiger partial charge in [-0.2, -0.15) is 5.10 Å². The molecule has 1 amide bonds. The van der Waals surface area contributed by atoms with Crippen molar-refractivity contribution in [2.24, 2.45) is 0 Å². The second-order valence-electron chi connectivity index (χ2n) is 6.93. The molecule has 0 atom stereocenters. The van der Waals surface area contributed by atoms with Crippen molar-refractivity contribution in [1.82, 2.24) is 14.7 Å². The Kier molecular flexibility index (Phi) is 6.20. The average molecular weight is 412 g/mol. The number of aryl methyl sites for hydroxylation is 2. The minimum Gasteiger partial charge on any atom is -0.486 e. The molecule has 9 heteroatoms. The van der Waals surface area contributed by atoms with E-state index in [9.17, 15) is 14.9 Å². The molecule has 2 heterocycles. The fourth-order valence-electron chi connectivity index (χ4n) is 3.16. The molecule has 158 valence electrons. The molecule has 3 rings (SSSR count). The summed E-state index contributed by atoms with van der Waals surface area (Å²) in [6, 6.07) is 9.06. The second-order valence-corrected chi connectivity index (χ2v) is 6.93. The zero-order valence-electron chi connectivity index (χ0n) is 17.4. The van der Waals surface area contributed by atoms with Gasteiger partial charge >= 0.3 is 0 Å². The van der Waals surface area contributed by atoms with E-state index in [1.54, 1.807) is 24.1 Å². The lowest BCUT2D eigenvalue weighted by molar-refractivity contribution is -0.384. The standard InChI is InChI=1S/C21H24N4O5/c1-5-24-15(3)19(14(2)22-24)12-23(4)21(26)20-11-10-18(30-20)13-29-17-8-6-16(7-9-17)25(27)28/h6-11H,5,12-13H2,1-4H3. The summed E-state index contributed by atoms with van der Waals surface area (Å²) in [5.41, 5.74) is 2.98. The van der Waals surface area contributed by atoms with Crippen LogP contribution in [0.1, 0.15) is 40.2 Å². The van der Waals surface area contributed by atoms with Crippen molar-refractivity contribution < 1.29 is 18.9 Å². The van der Waals surface area contributed by atoms with Crippen molar-refractivity contribution in [2.45, 2.75) is 40.5 Å². The zero-order chi connectivity index (χ0) is 21.8. The summed E-state index contributed by atoms with van der Waals surface area (Å²) in [5.74, 6) is 0.940. The van der Waals surface area contributed by atoms with Gasteiger partial charge in [0, 0.05) is 43.5 Å². The van der Waals surface area contributed by atoms with E-state index in [1.807, 2.05) is 25.5 Å². The van der Waals surface area contributed by atoms with Crippen molar-refractivity contribution in [3.8, 4) is 5.75 Å². The van der Waals surface area contributed by atoms with Gasteiger partial charge in [0.2, 0.25) is 0 Å². The van der Waals surface area contributed by atoms with Crippen molar-refractivity contribution in [3.05, 3.63) is 75.0 Å². The molecule has 0 saturated carbocycles. The van der Waals surface area contributed by atoms with Gasteiger partial charge in [0.25, 0.3) is 11.6 Å². The van der Waals surface area contributed by atoms with Crippen LogP contribution in [0, 0.1) is 24.0 Å². The highest BCUT2D eigenvalue weighted by molar-refractivity contribution is 5.91. The summed E-state index contributed by atoms with van der Waals surface area (Å²) in [4.78, 5) is 24.6. The number of nitro benzene ring substituents is 1. The molecule has 0 spiro atoms. The second kappa shape index (κ2) is 8.81. The monoisotopic (exact) mass is 412 g/mol. The van der Waals surface area contributed by atoms with E-state index in [4.69, 9.17) is 9.15 Å². The number of furan rings is 1. The van der Waals surface area contributed by atoms with Gasteiger partial charge in [-0.05, 0) is 45.0 Å². The van der Waals surface area contributed by atoms with Crippen LogP contribution in [0.25, 0.3) is 0 Å². The largest absolute Gasteiger partial charge is 0.486 e. The summed E-state index contributed by atoms with van der Waals surface area (Å²) in [5, 5.41) is 15.2. The van der Waals surface area contributed by atoms with Crippen LogP contribution in [0.3, 0.4) is 0 Å². The molecule has 9 nitrogen and oxygen atoms in total. The number of non-ortho nitro benzene ring substituents is 1. The predicted octanol–water partition coefficient (Wildman–Crippen LogP) is 3.87. The van der Waals surface area contributed by atoms with Gasteiger partial charge in [-0.1, -0.05) is 0 Å². The topological polar surface area (TPSA) is 104 Å². The Bertz CT molecular complexity index is 1050. The molecule has 0 aliphatic carbocycles. The molecule has 0 N–H and O–H groups in total. The number of ether oxygens (including phenoxy) is 1. The summed E-state index contributed by atoms with van der Waals surface area (Å²) in [7, 11) is 1.72. The Morgan fingerprint density at radius 3 is 2.53 bits per heavy atom. The number of aromatic nitrogens is 2. The third-order valence-electron chi connectivity index (χ3n) is 4.87. The molecular formula is C21H24N4O5. The molecular weight excluding hydrogens is 388 g/mol. The van der Waals surface area contributed by atoms with Crippen molar-refractivity contribution in [1.29, 1.82) is 0 Å². The van der Waals surface area contributed by atoms with Gasteiger partial charge < -0.3 is 14.1 Å². The van der Waals surface area contributed by atoms with Crippen molar-refractivity contribution in [3.63, 3.8) is 0 Å². The first-order valence-electron chi connectivity index (χ1n) is 9.54. The molecule has 0 aliphatic heterocycles. The fraction of sp³-hybridized carbons (Fsp3) is 0.333. The quantitative estimate of drug-likeness (QED) is 0.411. The maximum atomic E-state index is 12.7. The Hall–Kier alpha value is -3.62. The lowest BCUT2D eigenvalue weighted by Crippen LogP contribution is -2.26. The number of nitro groups is 1. The van der Waals surface area contributed by atoms with E-state index >= 15 is 0 Å². The number of carbonyl (C=O) groups is 1. The molecule has 0 saturated heterocycles. The molecule has 0 aliphatic rings. The van der Waals surface area contributed by atoms with Crippen molar-refractivity contribution >= 4 is 11.6 Å². The van der Waals surface area contributed by atoms with Crippen LogP contribution in [0.4, 0.5) is 5.69 Å². The summed E-state index contributed by atoms with van der Waals surface area (Å²) in [6.07, 6.45) is 0. The molecule has 0 bridgehead atoms. The summed E-state index contributed by atoms with van der Waals surface area (Å²) >= 11 is 0. The third-order valence-corrected chi connectivity index (χ3v) is 4.87. The molecule has 2 aromatic heterocycles. The Labute approximate surface area is 174 Å². The van der Waals surface area contributed by atoms with Crippen LogP contribution in [0.5, 0.6) is 5.75 Å². The number of hydrogen-bond donors (Lipinski definition) is 0. The minimum atomic E-state index is -0.471. The number of nitrogens with zero attached hydrogens (tertiary/aromatic N) is 4. The minimum absolute atomic E-state index is 0.00813. The Morgan fingerprint density at radius 1 is 1.23 bits per heavy atom. The van der Waals surface area contributed by atoms with Gasteiger partial charge in [0.1, 0.15) is 18.1 Å². The van der Waals surface area contributed by atoms with E-state index < -0.39 is 4.92 Å². The lowest BCUT2D eigenvalue weighted by atomic mass is 10.2. The first kappa shape index (κ1) is 21.1. The van der Waals surface area contributed by atoms with Crippen LogP contribution in [0.2, 0.25) is 0 Å². The normalized spacial score (nSPS) is 10.8. The van der Waals surface area contributed by atoms with Crippen LogP contribution in [0.15, 0.2) is 40.8 Å². The molecule has 0 radical (unpaired) electrons. The summed E-state index contributed by atoms with van der Waals surface area (Å²) < 4.78 is 13.1. The number of rotatable bonds is 8. The zero-order valence-corrected chi connectivity index (χ0v) is 17.4. The molecule has 0 fully saturated rings. The molecule has 3 aromatic rings. The van der Waals surface area contributed by atoms with Gasteiger partial charge in [-0.3, -0.25) is 19.6 Å². The third kappa shape index (κ3) is 4.51. The fourth-order valence-corrected chi connectivity index (χ4v) is 3.16. The molecule has 30 heavy (non-hydrogen) atoms. The molecule has 0 unspecified atom stereocenters. The average Bonchev–Trinajstić information content (AvgIpc) is 3.31. The number of hydrogen-bond acceptors (Lipinski definition) is 6. The van der Waals surface area contributed by atoms with E-state index in [0.29, 0.717) is 18.1 Å². The lowest BCUT2D eigenvalue weighted by Gasteiger charge is -2.16. The number of benzene rings is 1. The van der Waals surface area contributed by atoms with E-state index in [1.165, 1.54) is 24.3 Å². The number of carbonyl (C=O) groups excluding carboxylic acids is 1. The van der Waals surface area contributed by atoms with E-state index in [2.05, 4.69) is 5.10 Å². The summed E-state index contributed by atoms with van der Waals surface area (Å²) in [6.45, 7) is 7.29. The smallest absolute Gasteiger partial charge is 0.289 e. The van der Waals surface area contributed by atoms with Crippen LogP contribution in [-0.4, -0.2) is 32.6 Å². The molecule has 1 aromatic carbocycles. The maximum Gasteiger partial charge on any atom is 0.289 e. The Balaban J connectivity index is 1.61. The van der Waals surface area contributed by atoms with Crippen LogP contribution in [-0.2, 0) is 19.7 Å². The van der Waals surface area contributed by atoms with E-state index in [-0.39, 0.29) is 24.0 Å². The first-order chi connectivity index (χ1) is 14.3. The van der Waals surface area contributed by atoms with Gasteiger partial charge in [-0.25, -0.2) is 0 Å². The van der Waals surface area contributed by atoms with Gasteiger partial charge in [-0.15, -0.1) is 0 Å². The van der Waals surface area contributed by atoms with E-state index in [0.717, 1.165) is 23.5 Å². The SMILES string of the molecule is CCn1nc(C)c(CN(C)C(=O)c2ccc(COc3ccc([N+](=O)[O-])cc3)o2)c1C.